The number of rotatable bonds is 6. The number of nitrogens with zero attached hydrogens (tertiary/aromatic N) is 2. The average Bonchev–Trinajstić information content (AvgIpc) is 2.40. The lowest BCUT2D eigenvalue weighted by Crippen LogP contribution is -2.51. The summed E-state index contributed by atoms with van der Waals surface area (Å²) in [6.45, 7) is 16.2. The van der Waals surface area contributed by atoms with Crippen molar-refractivity contribution in [3.63, 3.8) is 0 Å². The summed E-state index contributed by atoms with van der Waals surface area (Å²) >= 11 is 0. The van der Waals surface area contributed by atoms with Crippen molar-refractivity contribution in [1.82, 2.24) is 9.80 Å². The quantitative estimate of drug-likeness (QED) is 0.808. The maximum Gasteiger partial charge on any atom is 0.0788 e. The predicted molar refractivity (Wildman–Crippen MR) is 86.0 cm³/mol. The zero-order valence-corrected chi connectivity index (χ0v) is 14.7. The lowest BCUT2D eigenvalue weighted by Gasteiger charge is -2.36. The Bertz CT molecular complexity index is 315. The highest BCUT2D eigenvalue weighted by Gasteiger charge is 2.52. The molecule has 1 saturated heterocycles. The third-order valence-electron chi connectivity index (χ3n) is 4.75. The molecular weight excluding hydrogens is 250 g/mol. The lowest BCUT2D eigenvalue weighted by molar-refractivity contribution is -0.0791. The van der Waals surface area contributed by atoms with Gasteiger partial charge in [-0.2, -0.15) is 0 Å². The van der Waals surface area contributed by atoms with Gasteiger partial charge in [0.2, 0.25) is 0 Å². The molecule has 1 rings (SSSR count). The molecule has 2 N–H and O–H groups in total. The van der Waals surface area contributed by atoms with Crippen LogP contribution in [0.3, 0.4) is 0 Å². The zero-order valence-electron chi connectivity index (χ0n) is 14.7. The molecule has 0 radical (unpaired) electrons. The van der Waals surface area contributed by atoms with Crippen molar-refractivity contribution in [3.05, 3.63) is 0 Å². The highest BCUT2D eigenvalue weighted by atomic mass is 16.5. The Balaban J connectivity index is 2.78. The van der Waals surface area contributed by atoms with E-state index in [1.54, 1.807) is 0 Å². The van der Waals surface area contributed by atoms with E-state index in [1.807, 2.05) is 0 Å². The summed E-state index contributed by atoms with van der Waals surface area (Å²) in [6.07, 6.45) is 0. The van der Waals surface area contributed by atoms with Gasteiger partial charge in [0.05, 0.1) is 11.2 Å². The molecule has 0 aromatic carbocycles. The molecule has 3 atom stereocenters. The molecular formula is C16H35N3O. The van der Waals surface area contributed by atoms with Crippen molar-refractivity contribution in [3.8, 4) is 0 Å². The Morgan fingerprint density at radius 3 is 2.05 bits per heavy atom. The molecule has 1 fully saturated rings. The minimum Gasteiger partial charge on any atom is -0.368 e. The summed E-state index contributed by atoms with van der Waals surface area (Å²) in [5, 5.41) is 0. The molecule has 4 heteroatoms. The van der Waals surface area contributed by atoms with E-state index in [9.17, 15) is 0 Å². The van der Waals surface area contributed by atoms with Gasteiger partial charge in [-0.25, -0.2) is 0 Å². The van der Waals surface area contributed by atoms with E-state index < -0.39 is 0 Å². The van der Waals surface area contributed by atoms with Crippen LogP contribution in [-0.4, -0.2) is 66.8 Å². The molecule has 3 unspecified atom stereocenters. The molecule has 0 aromatic heterocycles. The summed E-state index contributed by atoms with van der Waals surface area (Å²) in [4.78, 5) is 4.77. The summed E-state index contributed by atoms with van der Waals surface area (Å²) in [5.41, 5.74) is 6.08. The summed E-state index contributed by atoms with van der Waals surface area (Å²) in [5.74, 6) is 0.363. The van der Waals surface area contributed by atoms with E-state index in [1.165, 1.54) is 0 Å². The number of nitrogens with two attached hydrogens (primary N) is 1. The largest absolute Gasteiger partial charge is 0.368 e. The molecule has 0 aliphatic carbocycles. The molecule has 0 aromatic rings. The minimum atomic E-state index is -0.238. The van der Waals surface area contributed by atoms with Crippen LogP contribution in [0.2, 0.25) is 0 Å². The number of likely N-dealkylation sites (N-methyl/N-ethyl adjacent to an activating group) is 2. The van der Waals surface area contributed by atoms with E-state index in [4.69, 9.17) is 10.5 Å². The highest BCUT2D eigenvalue weighted by Crippen LogP contribution is 2.41. The topological polar surface area (TPSA) is 41.7 Å². The highest BCUT2D eigenvalue weighted by molar-refractivity contribution is 5.04. The Morgan fingerprint density at radius 2 is 1.70 bits per heavy atom. The number of hydrogen-bond donors (Lipinski definition) is 1. The van der Waals surface area contributed by atoms with Gasteiger partial charge in [-0.15, -0.1) is 0 Å². The molecule has 0 spiro atoms. The first kappa shape index (κ1) is 17.9. The second kappa shape index (κ2) is 6.30. The van der Waals surface area contributed by atoms with E-state index in [0.29, 0.717) is 12.0 Å². The average molecular weight is 285 g/mol. The first-order chi connectivity index (χ1) is 9.01. The second-order valence-corrected chi connectivity index (χ2v) is 7.64. The maximum absolute atomic E-state index is 6.47. The first-order valence-corrected chi connectivity index (χ1v) is 7.85. The van der Waals surface area contributed by atoms with E-state index in [0.717, 1.165) is 19.6 Å². The van der Waals surface area contributed by atoms with Gasteiger partial charge in [-0.3, -0.25) is 4.90 Å². The molecule has 1 heterocycles. The Morgan fingerprint density at radius 1 is 1.15 bits per heavy atom. The number of hydrogen-bond acceptors (Lipinski definition) is 4. The van der Waals surface area contributed by atoms with Gasteiger partial charge in [-0.1, -0.05) is 6.92 Å². The third-order valence-corrected chi connectivity index (χ3v) is 4.75. The van der Waals surface area contributed by atoms with Gasteiger partial charge in [0.15, 0.2) is 0 Å². The molecule has 0 saturated carbocycles. The van der Waals surface area contributed by atoms with Gasteiger partial charge in [0.25, 0.3) is 0 Å². The van der Waals surface area contributed by atoms with Crippen LogP contribution >= 0.6 is 0 Å². The van der Waals surface area contributed by atoms with Crippen molar-refractivity contribution in [2.75, 3.05) is 33.7 Å². The predicted octanol–water partition coefficient (Wildman–Crippen LogP) is 1.79. The Kier molecular flexibility index (Phi) is 5.64. The van der Waals surface area contributed by atoms with Crippen LogP contribution in [0.4, 0.5) is 0 Å². The fourth-order valence-electron chi connectivity index (χ4n) is 3.59. The SMILES string of the molecule is CCN(CC1C(N)C(C)(C)OC1(C)C)C(C)CN(C)C. The molecule has 0 bridgehead atoms. The normalized spacial score (nSPS) is 30.1. The van der Waals surface area contributed by atoms with Gasteiger partial charge < -0.3 is 15.4 Å². The van der Waals surface area contributed by atoms with Gasteiger partial charge in [0, 0.05) is 31.1 Å². The van der Waals surface area contributed by atoms with Crippen molar-refractivity contribution >= 4 is 0 Å². The standard InChI is InChI=1S/C16H35N3O/c1-9-19(12(2)10-18(7)8)11-13-14(17)16(5,6)20-15(13,3)4/h12-14H,9-11,17H2,1-8H3. The second-order valence-electron chi connectivity index (χ2n) is 7.64. The van der Waals surface area contributed by atoms with Gasteiger partial charge in [-0.05, 0) is 55.3 Å². The van der Waals surface area contributed by atoms with Crippen LogP contribution in [0, 0.1) is 5.92 Å². The van der Waals surface area contributed by atoms with Crippen LogP contribution in [0.15, 0.2) is 0 Å². The van der Waals surface area contributed by atoms with Crippen molar-refractivity contribution in [1.29, 1.82) is 0 Å². The molecule has 120 valence electrons. The van der Waals surface area contributed by atoms with Crippen molar-refractivity contribution in [2.45, 2.75) is 64.8 Å². The van der Waals surface area contributed by atoms with E-state index >= 15 is 0 Å². The van der Waals surface area contributed by atoms with Crippen LogP contribution in [0.5, 0.6) is 0 Å². The molecule has 4 nitrogen and oxygen atoms in total. The molecule has 1 aliphatic heterocycles. The molecule has 20 heavy (non-hydrogen) atoms. The molecule has 1 aliphatic rings. The zero-order chi connectivity index (χ0) is 15.7. The van der Waals surface area contributed by atoms with Crippen LogP contribution in [0.1, 0.15) is 41.5 Å². The Hall–Kier alpha value is -0.160. The van der Waals surface area contributed by atoms with Crippen molar-refractivity contribution in [2.24, 2.45) is 11.7 Å². The first-order valence-electron chi connectivity index (χ1n) is 7.85. The van der Waals surface area contributed by atoms with Crippen molar-refractivity contribution < 1.29 is 4.74 Å². The number of ether oxygens (including phenoxy) is 1. The fourth-order valence-corrected chi connectivity index (χ4v) is 3.59. The van der Waals surface area contributed by atoms with Crippen LogP contribution < -0.4 is 5.73 Å². The van der Waals surface area contributed by atoms with E-state index in [-0.39, 0.29) is 17.2 Å². The van der Waals surface area contributed by atoms with E-state index in [2.05, 4.69) is 65.4 Å². The van der Waals surface area contributed by atoms with Gasteiger partial charge in [0.1, 0.15) is 0 Å². The third kappa shape index (κ3) is 3.94. The maximum atomic E-state index is 6.47. The summed E-state index contributed by atoms with van der Waals surface area (Å²) in [6, 6.07) is 0.611. The smallest absolute Gasteiger partial charge is 0.0788 e. The van der Waals surface area contributed by atoms with Crippen LogP contribution in [-0.2, 0) is 4.74 Å². The van der Waals surface area contributed by atoms with Crippen LogP contribution in [0.25, 0.3) is 0 Å². The fraction of sp³-hybridized carbons (Fsp3) is 1.00. The summed E-state index contributed by atoms with van der Waals surface area (Å²) < 4.78 is 6.21. The summed E-state index contributed by atoms with van der Waals surface area (Å²) in [7, 11) is 4.25. The van der Waals surface area contributed by atoms with Gasteiger partial charge >= 0.3 is 0 Å². The minimum absolute atomic E-state index is 0.0816. The Labute approximate surface area is 125 Å². The molecule has 0 amide bonds. The lowest BCUT2D eigenvalue weighted by atomic mass is 9.82. The monoisotopic (exact) mass is 285 g/mol.